The van der Waals surface area contributed by atoms with Gasteiger partial charge in [0.2, 0.25) is 0 Å². The molecule has 7 rings (SSSR count). The normalized spacial score (nSPS) is 20.5. The van der Waals surface area contributed by atoms with E-state index < -0.39 is 11.8 Å². The molecule has 8 nitrogen and oxygen atoms in total. The molecule has 3 aliphatic rings. The van der Waals surface area contributed by atoms with Crippen LogP contribution in [-0.4, -0.2) is 52.6 Å². The molecule has 3 fully saturated rings. The number of carbonyl (C=O) groups excluding carboxylic acids is 1. The number of carboxylic acid groups (broad SMARTS) is 1. The number of nitrogens with zero attached hydrogens (tertiary/aromatic N) is 3. The third kappa shape index (κ3) is 4.79. The molecule has 4 heterocycles. The lowest BCUT2D eigenvalue weighted by Crippen LogP contribution is -2.59. The first kappa shape index (κ1) is 24.9. The van der Waals surface area contributed by atoms with Gasteiger partial charge in [-0.1, -0.05) is 54.6 Å². The summed E-state index contributed by atoms with van der Waals surface area (Å²) >= 11 is 0. The predicted molar refractivity (Wildman–Crippen MR) is 150 cm³/mol. The monoisotopic (exact) mass is 523 g/mol. The Balaban J connectivity index is 1.35. The van der Waals surface area contributed by atoms with E-state index in [1.807, 2.05) is 60.7 Å². The highest BCUT2D eigenvalue weighted by atomic mass is 16.4. The molecule has 39 heavy (non-hydrogen) atoms. The van der Waals surface area contributed by atoms with E-state index in [-0.39, 0.29) is 12.6 Å². The average molecular weight is 524 g/mol. The van der Waals surface area contributed by atoms with Crippen LogP contribution in [0.2, 0.25) is 0 Å². The number of aldehydes is 1. The van der Waals surface area contributed by atoms with Crippen molar-refractivity contribution in [2.45, 2.75) is 25.4 Å². The highest BCUT2D eigenvalue weighted by Gasteiger charge is 2.40. The minimum absolute atomic E-state index is 0.0983. The zero-order valence-electron chi connectivity index (χ0n) is 21.4. The summed E-state index contributed by atoms with van der Waals surface area (Å²) in [5.74, 6) is -0.160. The van der Waals surface area contributed by atoms with Gasteiger partial charge in [0.25, 0.3) is 0 Å². The van der Waals surface area contributed by atoms with Gasteiger partial charge in [0.1, 0.15) is 6.29 Å². The fraction of sp³-hybridized carbons (Fsp3) is 0.258. The molecule has 198 valence electrons. The molecule has 0 spiro atoms. The smallest absolute Gasteiger partial charge is 0.420 e. The third-order valence-electron chi connectivity index (χ3n) is 7.95. The summed E-state index contributed by atoms with van der Waals surface area (Å²) in [4.78, 5) is 40.2. The number of benzene rings is 3. The van der Waals surface area contributed by atoms with Gasteiger partial charge >= 0.3 is 11.8 Å². The summed E-state index contributed by atoms with van der Waals surface area (Å²) in [5.41, 5.74) is 4.74. The first-order valence-corrected chi connectivity index (χ1v) is 13.2. The lowest BCUT2D eigenvalue weighted by molar-refractivity contribution is 0.0838. The number of oxazole rings is 1. The van der Waals surface area contributed by atoms with Gasteiger partial charge in [-0.25, -0.2) is 9.59 Å². The summed E-state index contributed by atoms with van der Waals surface area (Å²) in [6.45, 7) is 3.07. The minimum Gasteiger partial charge on any atom is -0.465 e. The van der Waals surface area contributed by atoms with Gasteiger partial charge in [0.15, 0.2) is 5.58 Å². The van der Waals surface area contributed by atoms with Crippen LogP contribution in [0.25, 0.3) is 28.3 Å². The number of anilines is 1. The van der Waals surface area contributed by atoms with E-state index in [2.05, 4.69) is 4.90 Å². The number of rotatable bonds is 7. The van der Waals surface area contributed by atoms with Crippen molar-refractivity contribution in [3.8, 4) is 11.1 Å². The summed E-state index contributed by atoms with van der Waals surface area (Å²) in [6, 6.07) is 20.5. The fourth-order valence-corrected chi connectivity index (χ4v) is 5.99. The number of fused-ring (bicyclic) bond motifs is 4. The van der Waals surface area contributed by atoms with Gasteiger partial charge in [0, 0.05) is 24.2 Å². The molecule has 1 amide bonds. The van der Waals surface area contributed by atoms with Crippen molar-refractivity contribution in [3.63, 3.8) is 0 Å². The van der Waals surface area contributed by atoms with Crippen LogP contribution in [0.5, 0.6) is 0 Å². The van der Waals surface area contributed by atoms with Gasteiger partial charge in [-0.15, -0.1) is 0 Å². The van der Waals surface area contributed by atoms with Gasteiger partial charge in [-0.2, -0.15) is 0 Å². The SMILES string of the molecule is O=Cc1ccc2c(c1)oc(=O)n2C/C=C/c1ccc(-c2ccccc2)c(N(C(=O)O)[C@H]2CN3CCC2CC3)c1. The second-order valence-corrected chi connectivity index (χ2v) is 10.2. The molecule has 0 radical (unpaired) electrons. The summed E-state index contributed by atoms with van der Waals surface area (Å²) in [7, 11) is 0. The van der Waals surface area contributed by atoms with Crippen LogP contribution in [0.1, 0.15) is 28.8 Å². The van der Waals surface area contributed by atoms with E-state index in [4.69, 9.17) is 4.42 Å². The van der Waals surface area contributed by atoms with E-state index in [1.54, 1.807) is 23.1 Å². The molecule has 3 saturated heterocycles. The standard InChI is InChI=1S/C31H29N3O5/c35-20-22-9-11-26-29(18-22)39-31(38)33(26)14-4-5-21-8-10-25(23-6-2-1-3-7-23)27(17-21)34(30(36)37)28-19-32-15-12-24(28)13-16-32/h1-11,17-18,20,24,28H,12-16,19H2,(H,36,37)/b5-4+/t28-/m0/s1. The van der Waals surface area contributed by atoms with E-state index in [1.165, 1.54) is 4.57 Å². The van der Waals surface area contributed by atoms with Crippen LogP contribution in [-0.2, 0) is 6.54 Å². The Bertz CT molecular complexity index is 1610. The quantitative estimate of drug-likeness (QED) is 0.328. The number of hydrogen-bond acceptors (Lipinski definition) is 5. The first-order valence-electron chi connectivity index (χ1n) is 13.2. The van der Waals surface area contributed by atoms with Gasteiger partial charge < -0.3 is 14.4 Å². The number of aromatic nitrogens is 1. The average Bonchev–Trinajstić information content (AvgIpc) is 3.28. The molecule has 0 unspecified atom stereocenters. The number of piperidine rings is 3. The number of allylic oxidation sites excluding steroid dienone is 1. The predicted octanol–water partition coefficient (Wildman–Crippen LogP) is 5.37. The zero-order valence-corrected chi connectivity index (χ0v) is 21.4. The van der Waals surface area contributed by atoms with Gasteiger partial charge in [0.05, 0.1) is 17.2 Å². The highest BCUT2D eigenvalue weighted by Crippen LogP contribution is 2.39. The van der Waals surface area contributed by atoms with Crippen LogP contribution < -0.4 is 10.7 Å². The Morgan fingerprint density at radius 3 is 2.49 bits per heavy atom. The Morgan fingerprint density at radius 1 is 1.03 bits per heavy atom. The molecular weight excluding hydrogens is 494 g/mol. The number of hydrogen-bond donors (Lipinski definition) is 1. The molecule has 4 aromatic rings. The molecular formula is C31H29N3O5. The minimum atomic E-state index is -0.946. The van der Waals surface area contributed by atoms with Crippen LogP contribution in [0.15, 0.2) is 82.0 Å². The molecule has 1 N–H and O–H groups in total. The van der Waals surface area contributed by atoms with Crippen LogP contribution >= 0.6 is 0 Å². The van der Waals surface area contributed by atoms with Crippen molar-refractivity contribution < 1.29 is 19.1 Å². The largest absolute Gasteiger partial charge is 0.465 e. The lowest BCUT2D eigenvalue weighted by Gasteiger charge is -2.48. The van der Waals surface area contributed by atoms with Crippen LogP contribution in [0, 0.1) is 5.92 Å². The van der Waals surface area contributed by atoms with Gasteiger partial charge in [-0.05, 0) is 67.2 Å². The maximum atomic E-state index is 12.8. The molecule has 8 heteroatoms. The van der Waals surface area contributed by atoms with Crippen molar-refractivity contribution in [2.24, 2.45) is 5.92 Å². The summed E-state index contributed by atoms with van der Waals surface area (Å²) < 4.78 is 6.81. The zero-order chi connectivity index (χ0) is 26.9. The Labute approximate surface area is 225 Å². The summed E-state index contributed by atoms with van der Waals surface area (Å²) in [6.07, 6.45) is 5.53. The van der Waals surface area contributed by atoms with Crippen molar-refractivity contribution >= 4 is 35.2 Å². The molecule has 2 bridgehead atoms. The van der Waals surface area contributed by atoms with Crippen LogP contribution in [0.4, 0.5) is 10.5 Å². The van der Waals surface area contributed by atoms with Crippen molar-refractivity contribution in [2.75, 3.05) is 24.5 Å². The second-order valence-electron chi connectivity index (χ2n) is 10.2. The molecule has 3 aromatic carbocycles. The van der Waals surface area contributed by atoms with Gasteiger partial charge in [-0.3, -0.25) is 14.3 Å². The van der Waals surface area contributed by atoms with Crippen LogP contribution in [0.3, 0.4) is 0 Å². The highest BCUT2D eigenvalue weighted by molar-refractivity contribution is 5.94. The Hall–Kier alpha value is -4.43. The lowest BCUT2D eigenvalue weighted by atomic mass is 9.82. The maximum Gasteiger partial charge on any atom is 0.420 e. The molecule has 3 aliphatic heterocycles. The Morgan fingerprint density at radius 2 is 1.79 bits per heavy atom. The Kier molecular flexibility index (Phi) is 6.62. The number of amides is 1. The molecule has 1 atom stereocenters. The van der Waals surface area contributed by atoms with E-state index >= 15 is 0 Å². The van der Waals surface area contributed by atoms with Crippen molar-refractivity contribution in [1.29, 1.82) is 0 Å². The third-order valence-corrected chi connectivity index (χ3v) is 7.95. The van der Waals surface area contributed by atoms with Crippen molar-refractivity contribution in [3.05, 3.63) is 94.5 Å². The fourth-order valence-electron chi connectivity index (χ4n) is 5.99. The molecule has 0 saturated carbocycles. The second kappa shape index (κ2) is 10.4. The molecule has 1 aromatic heterocycles. The topological polar surface area (TPSA) is 96.0 Å². The maximum absolute atomic E-state index is 12.8. The van der Waals surface area contributed by atoms with Crippen molar-refractivity contribution in [1.82, 2.24) is 9.47 Å². The number of carbonyl (C=O) groups is 2. The van der Waals surface area contributed by atoms with E-state index in [0.717, 1.165) is 49.2 Å². The van der Waals surface area contributed by atoms with E-state index in [0.29, 0.717) is 34.6 Å². The first-order chi connectivity index (χ1) is 19.0. The molecule has 0 aliphatic carbocycles. The summed E-state index contributed by atoms with van der Waals surface area (Å²) in [5, 5.41) is 10.5. The van der Waals surface area contributed by atoms with E-state index in [9.17, 15) is 19.5 Å².